The van der Waals surface area contributed by atoms with Gasteiger partial charge in [0.05, 0.1) is 6.04 Å². The molecule has 0 radical (unpaired) electrons. The molecular weight excluding hydrogens is 360 g/mol. The summed E-state index contributed by atoms with van der Waals surface area (Å²) >= 11 is 1.73. The van der Waals surface area contributed by atoms with Crippen molar-refractivity contribution in [1.29, 1.82) is 0 Å². The standard InChI is InChI=1S/C20H24N4O2S/c1-3-15-8-4-5-9-17(15)26-14-19(25)21-16(11-13-27-2)20-23-22-18-10-6-7-12-24(18)20/h4-10,12,16H,3,11,13-14H2,1-2H3,(H,21,25). The summed E-state index contributed by atoms with van der Waals surface area (Å²) < 4.78 is 7.66. The zero-order valence-corrected chi connectivity index (χ0v) is 16.4. The molecule has 1 amide bonds. The first-order valence-electron chi connectivity index (χ1n) is 9.01. The van der Waals surface area contributed by atoms with Crippen molar-refractivity contribution in [3.05, 3.63) is 60.0 Å². The molecule has 0 saturated carbocycles. The number of pyridine rings is 1. The van der Waals surface area contributed by atoms with Gasteiger partial charge in [-0.15, -0.1) is 10.2 Å². The van der Waals surface area contributed by atoms with Crippen molar-refractivity contribution < 1.29 is 9.53 Å². The van der Waals surface area contributed by atoms with Crippen LogP contribution in [-0.2, 0) is 11.2 Å². The lowest BCUT2D eigenvalue weighted by atomic mass is 10.1. The lowest BCUT2D eigenvalue weighted by Gasteiger charge is -2.17. The summed E-state index contributed by atoms with van der Waals surface area (Å²) in [5.41, 5.74) is 1.86. The Morgan fingerprint density at radius 2 is 2.04 bits per heavy atom. The minimum atomic E-state index is -0.215. The first-order chi connectivity index (χ1) is 13.2. The van der Waals surface area contributed by atoms with Crippen LogP contribution in [0.15, 0.2) is 48.7 Å². The molecule has 7 heteroatoms. The summed E-state index contributed by atoms with van der Waals surface area (Å²) in [6.45, 7) is 2.04. The second-order valence-corrected chi connectivity index (χ2v) is 7.12. The molecule has 0 bridgehead atoms. The largest absolute Gasteiger partial charge is 0.483 e. The van der Waals surface area contributed by atoms with E-state index in [1.54, 1.807) is 11.8 Å². The van der Waals surface area contributed by atoms with Gasteiger partial charge in [-0.1, -0.05) is 31.2 Å². The zero-order chi connectivity index (χ0) is 19.1. The van der Waals surface area contributed by atoms with Crippen LogP contribution >= 0.6 is 11.8 Å². The van der Waals surface area contributed by atoms with E-state index < -0.39 is 0 Å². The number of nitrogens with zero attached hydrogens (tertiary/aromatic N) is 3. The van der Waals surface area contributed by atoms with E-state index in [0.29, 0.717) is 0 Å². The number of benzene rings is 1. The number of aryl methyl sites for hydroxylation is 1. The maximum absolute atomic E-state index is 12.5. The zero-order valence-electron chi connectivity index (χ0n) is 15.6. The molecule has 0 aliphatic heterocycles. The van der Waals surface area contributed by atoms with Crippen LogP contribution in [0.25, 0.3) is 5.65 Å². The minimum Gasteiger partial charge on any atom is -0.483 e. The molecule has 3 aromatic rings. The first-order valence-corrected chi connectivity index (χ1v) is 10.4. The van der Waals surface area contributed by atoms with Gasteiger partial charge in [0.1, 0.15) is 5.75 Å². The Hall–Kier alpha value is -2.54. The fraction of sp³-hybridized carbons (Fsp3) is 0.350. The quantitative estimate of drug-likeness (QED) is 0.613. The summed E-state index contributed by atoms with van der Waals surface area (Å²) in [7, 11) is 0. The summed E-state index contributed by atoms with van der Waals surface area (Å²) in [6, 6.07) is 13.3. The molecule has 0 fully saturated rings. The summed E-state index contributed by atoms with van der Waals surface area (Å²) in [4.78, 5) is 12.5. The molecule has 2 aromatic heterocycles. The SMILES string of the molecule is CCc1ccccc1OCC(=O)NC(CCSC)c1nnc2ccccn12. The summed E-state index contributed by atoms with van der Waals surface area (Å²) in [6.07, 6.45) is 5.59. The molecule has 1 atom stereocenters. The van der Waals surface area contributed by atoms with Gasteiger partial charge < -0.3 is 10.1 Å². The normalized spacial score (nSPS) is 12.1. The number of carbonyl (C=O) groups is 1. The average molecular weight is 385 g/mol. The molecule has 6 nitrogen and oxygen atoms in total. The van der Waals surface area contributed by atoms with Gasteiger partial charge in [-0.05, 0) is 48.6 Å². The monoisotopic (exact) mass is 384 g/mol. The number of fused-ring (bicyclic) bond motifs is 1. The van der Waals surface area contributed by atoms with E-state index >= 15 is 0 Å². The lowest BCUT2D eigenvalue weighted by Crippen LogP contribution is -2.34. The number of carbonyl (C=O) groups excluding carboxylic acids is 1. The highest BCUT2D eigenvalue weighted by Gasteiger charge is 2.20. The Bertz CT molecular complexity index is 896. The van der Waals surface area contributed by atoms with Crippen LogP contribution in [0.1, 0.15) is 30.8 Å². The van der Waals surface area contributed by atoms with Gasteiger partial charge in [-0.25, -0.2) is 0 Å². The Labute approximate surface area is 163 Å². The minimum absolute atomic E-state index is 0.0243. The maximum Gasteiger partial charge on any atom is 0.258 e. The van der Waals surface area contributed by atoms with Crippen LogP contribution in [0.2, 0.25) is 0 Å². The van der Waals surface area contributed by atoms with E-state index in [2.05, 4.69) is 22.4 Å². The van der Waals surface area contributed by atoms with Gasteiger partial charge in [-0.2, -0.15) is 11.8 Å². The topological polar surface area (TPSA) is 68.5 Å². The smallest absolute Gasteiger partial charge is 0.258 e. The van der Waals surface area contributed by atoms with Crippen molar-refractivity contribution in [2.24, 2.45) is 0 Å². The molecule has 0 aliphatic carbocycles. The fourth-order valence-corrected chi connectivity index (χ4v) is 3.39. The Kier molecular flexibility index (Phi) is 6.70. The van der Waals surface area contributed by atoms with Crippen LogP contribution in [0, 0.1) is 0 Å². The van der Waals surface area contributed by atoms with Crippen LogP contribution in [0.5, 0.6) is 5.75 Å². The van der Waals surface area contributed by atoms with Gasteiger partial charge in [0, 0.05) is 6.20 Å². The van der Waals surface area contributed by atoms with Crippen molar-refractivity contribution in [3.63, 3.8) is 0 Å². The highest BCUT2D eigenvalue weighted by molar-refractivity contribution is 7.98. The predicted molar refractivity (Wildman–Crippen MR) is 108 cm³/mol. The number of hydrogen-bond acceptors (Lipinski definition) is 5. The van der Waals surface area contributed by atoms with E-state index in [-0.39, 0.29) is 18.6 Å². The number of rotatable bonds is 9. The molecule has 0 spiro atoms. The van der Waals surface area contributed by atoms with E-state index in [4.69, 9.17) is 4.74 Å². The van der Waals surface area contributed by atoms with E-state index in [1.807, 2.05) is 59.3 Å². The summed E-state index contributed by atoms with van der Waals surface area (Å²) in [5.74, 6) is 2.23. The van der Waals surface area contributed by atoms with Crippen LogP contribution in [0.4, 0.5) is 0 Å². The van der Waals surface area contributed by atoms with Gasteiger partial charge in [-0.3, -0.25) is 9.20 Å². The van der Waals surface area contributed by atoms with E-state index in [9.17, 15) is 4.79 Å². The maximum atomic E-state index is 12.5. The Morgan fingerprint density at radius 3 is 2.85 bits per heavy atom. The Morgan fingerprint density at radius 1 is 1.22 bits per heavy atom. The molecule has 0 saturated heterocycles. The molecule has 1 N–H and O–H groups in total. The third-order valence-electron chi connectivity index (χ3n) is 4.31. The average Bonchev–Trinajstić information content (AvgIpc) is 3.14. The summed E-state index contributed by atoms with van der Waals surface area (Å²) in [5, 5.41) is 11.5. The van der Waals surface area contributed by atoms with Gasteiger partial charge >= 0.3 is 0 Å². The van der Waals surface area contributed by atoms with Crippen molar-refractivity contribution >= 4 is 23.3 Å². The number of para-hydroxylation sites is 1. The van der Waals surface area contributed by atoms with Crippen molar-refractivity contribution in [2.45, 2.75) is 25.8 Å². The number of hydrogen-bond donors (Lipinski definition) is 1. The number of thioether (sulfide) groups is 1. The van der Waals surface area contributed by atoms with E-state index in [1.165, 1.54) is 0 Å². The third kappa shape index (κ3) is 4.80. The van der Waals surface area contributed by atoms with Crippen molar-refractivity contribution in [2.75, 3.05) is 18.6 Å². The van der Waals surface area contributed by atoms with Gasteiger partial charge in [0.15, 0.2) is 18.1 Å². The second kappa shape index (κ2) is 9.41. The number of nitrogens with one attached hydrogen (secondary N) is 1. The fourth-order valence-electron chi connectivity index (χ4n) is 2.92. The molecule has 142 valence electrons. The van der Waals surface area contributed by atoms with Gasteiger partial charge in [0.2, 0.25) is 0 Å². The number of ether oxygens (including phenoxy) is 1. The predicted octanol–water partition coefficient (Wildman–Crippen LogP) is 3.28. The van der Waals surface area contributed by atoms with Gasteiger partial charge in [0.25, 0.3) is 5.91 Å². The van der Waals surface area contributed by atoms with Crippen LogP contribution < -0.4 is 10.1 Å². The molecule has 0 aliphatic rings. The Balaban J connectivity index is 1.69. The molecule has 2 heterocycles. The van der Waals surface area contributed by atoms with Crippen LogP contribution in [0.3, 0.4) is 0 Å². The lowest BCUT2D eigenvalue weighted by molar-refractivity contribution is -0.123. The molecule has 1 aromatic carbocycles. The second-order valence-electron chi connectivity index (χ2n) is 6.14. The molecule has 27 heavy (non-hydrogen) atoms. The molecule has 3 rings (SSSR count). The number of aromatic nitrogens is 3. The van der Waals surface area contributed by atoms with E-state index in [0.717, 1.165) is 41.4 Å². The van der Waals surface area contributed by atoms with Crippen LogP contribution in [-0.4, -0.2) is 39.1 Å². The highest BCUT2D eigenvalue weighted by Crippen LogP contribution is 2.20. The van der Waals surface area contributed by atoms with Crippen molar-refractivity contribution in [1.82, 2.24) is 19.9 Å². The molecule has 1 unspecified atom stereocenters. The number of amides is 1. The first kappa shape index (κ1) is 19.2. The third-order valence-corrected chi connectivity index (χ3v) is 4.95. The van der Waals surface area contributed by atoms with Crippen molar-refractivity contribution in [3.8, 4) is 5.75 Å². The highest BCUT2D eigenvalue weighted by atomic mass is 32.2. The molecular formula is C20H24N4O2S.